The van der Waals surface area contributed by atoms with Crippen LogP contribution in [0.3, 0.4) is 0 Å². The van der Waals surface area contributed by atoms with Crippen LogP contribution in [0.25, 0.3) is 0 Å². The topological polar surface area (TPSA) is 79.3 Å². The zero-order valence-corrected chi connectivity index (χ0v) is 17.8. The lowest BCUT2D eigenvalue weighted by Crippen LogP contribution is -2.48. The fourth-order valence-electron chi connectivity index (χ4n) is 3.65. The summed E-state index contributed by atoms with van der Waals surface area (Å²) in [6.07, 6.45) is 6.41. The highest BCUT2D eigenvalue weighted by Crippen LogP contribution is 2.16. The number of piperidine rings is 1. The summed E-state index contributed by atoms with van der Waals surface area (Å²) in [5, 5.41) is 10.3. The van der Waals surface area contributed by atoms with Crippen molar-refractivity contribution in [3.05, 3.63) is 53.9 Å². The van der Waals surface area contributed by atoms with Crippen LogP contribution in [0.4, 0.5) is 0 Å². The molecule has 0 aliphatic carbocycles. The first kappa shape index (κ1) is 22.9. The molecule has 2 amide bonds. The highest BCUT2D eigenvalue weighted by Gasteiger charge is 2.27. The van der Waals surface area contributed by atoms with E-state index in [1.807, 2.05) is 36.3 Å². The smallest absolute Gasteiger partial charge is 0.242 e. The molecule has 8 heteroatoms. The van der Waals surface area contributed by atoms with Gasteiger partial charge in [0.05, 0.1) is 6.20 Å². The first-order chi connectivity index (χ1) is 13.6. The van der Waals surface area contributed by atoms with Crippen molar-refractivity contribution < 1.29 is 9.59 Å². The van der Waals surface area contributed by atoms with Gasteiger partial charge in [0.25, 0.3) is 0 Å². The Morgan fingerprint density at radius 2 is 1.90 bits per heavy atom. The molecule has 0 spiro atoms. The van der Waals surface area contributed by atoms with Crippen molar-refractivity contribution in [3.8, 4) is 0 Å². The monoisotopic (exact) mass is 419 g/mol. The van der Waals surface area contributed by atoms with E-state index in [4.69, 9.17) is 0 Å². The summed E-state index contributed by atoms with van der Waals surface area (Å²) in [6, 6.07) is 9.76. The average molecular weight is 420 g/mol. The summed E-state index contributed by atoms with van der Waals surface area (Å²) in [6.45, 7) is 1.38. The van der Waals surface area contributed by atoms with Crippen molar-refractivity contribution >= 4 is 24.2 Å². The van der Waals surface area contributed by atoms with E-state index in [-0.39, 0.29) is 30.3 Å². The standard InChI is InChI=1S/C21H29N5O2.ClH/c1-22-20(17-14-23-25(2)15-17)21(28)24-18-10-12-26(13-11-18)19(27)9-8-16-6-4-3-5-7-16;/h3-7,14-15,18,20,22H,8-13H2,1-2H3,(H,24,28);1H. The molecule has 0 radical (unpaired) electrons. The van der Waals surface area contributed by atoms with Crippen LogP contribution >= 0.6 is 12.4 Å². The van der Waals surface area contributed by atoms with Crippen molar-refractivity contribution in [1.29, 1.82) is 0 Å². The van der Waals surface area contributed by atoms with Gasteiger partial charge in [-0.1, -0.05) is 30.3 Å². The third-order valence-electron chi connectivity index (χ3n) is 5.27. The summed E-state index contributed by atoms with van der Waals surface area (Å²) in [4.78, 5) is 27.0. The van der Waals surface area contributed by atoms with Gasteiger partial charge < -0.3 is 15.5 Å². The number of aromatic nitrogens is 2. The number of rotatable bonds is 7. The Morgan fingerprint density at radius 1 is 1.21 bits per heavy atom. The van der Waals surface area contributed by atoms with Gasteiger partial charge in [-0.3, -0.25) is 14.3 Å². The summed E-state index contributed by atoms with van der Waals surface area (Å²) in [7, 11) is 3.60. The zero-order valence-electron chi connectivity index (χ0n) is 17.0. The van der Waals surface area contributed by atoms with Gasteiger partial charge in [-0.05, 0) is 31.9 Å². The van der Waals surface area contributed by atoms with E-state index >= 15 is 0 Å². The number of nitrogens with one attached hydrogen (secondary N) is 2. The fraction of sp³-hybridized carbons (Fsp3) is 0.476. The van der Waals surface area contributed by atoms with Gasteiger partial charge in [-0.25, -0.2) is 0 Å². The van der Waals surface area contributed by atoms with E-state index in [0.29, 0.717) is 19.5 Å². The molecular weight excluding hydrogens is 390 g/mol. The minimum atomic E-state index is -0.417. The predicted molar refractivity (Wildman–Crippen MR) is 115 cm³/mol. The van der Waals surface area contributed by atoms with Gasteiger partial charge in [0.15, 0.2) is 0 Å². The Labute approximate surface area is 178 Å². The Hall–Kier alpha value is -2.38. The summed E-state index contributed by atoms with van der Waals surface area (Å²) >= 11 is 0. The van der Waals surface area contributed by atoms with E-state index < -0.39 is 6.04 Å². The molecule has 1 aromatic heterocycles. The molecule has 158 valence electrons. The number of likely N-dealkylation sites (N-methyl/N-ethyl adjacent to an activating group) is 1. The molecule has 3 rings (SSSR count). The number of halogens is 1. The average Bonchev–Trinajstić information content (AvgIpc) is 3.14. The number of carbonyl (C=O) groups is 2. The Morgan fingerprint density at radius 3 is 2.48 bits per heavy atom. The Bertz CT molecular complexity index is 787. The summed E-state index contributed by atoms with van der Waals surface area (Å²) in [5.41, 5.74) is 2.03. The van der Waals surface area contributed by atoms with Crippen molar-refractivity contribution in [2.45, 2.75) is 37.8 Å². The van der Waals surface area contributed by atoms with Crippen LogP contribution in [0.15, 0.2) is 42.7 Å². The molecule has 2 aromatic rings. The maximum Gasteiger partial charge on any atom is 0.242 e. The van der Waals surface area contributed by atoms with Crippen LogP contribution in [0.5, 0.6) is 0 Å². The molecule has 1 unspecified atom stereocenters. The number of amides is 2. The van der Waals surface area contributed by atoms with Gasteiger partial charge in [0, 0.05) is 44.4 Å². The molecule has 0 bridgehead atoms. The van der Waals surface area contributed by atoms with Crippen molar-refractivity contribution in [3.63, 3.8) is 0 Å². The third kappa shape index (κ3) is 6.30. The molecule has 2 N–H and O–H groups in total. The number of hydrogen-bond acceptors (Lipinski definition) is 4. The largest absolute Gasteiger partial charge is 0.352 e. The van der Waals surface area contributed by atoms with Crippen molar-refractivity contribution in [1.82, 2.24) is 25.3 Å². The molecular formula is C21H30ClN5O2. The van der Waals surface area contributed by atoms with Gasteiger partial charge in [0.1, 0.15) is 6.04 Å². The van der Waals surface area contributed by atoms with Gasteiger partial charge in [0.2, 0.25) is 11.8 Å². The van der Waals surface area contributed by atoms with E-state index in [0.717, 1.165) is 24.8 Å². The Kier molecular flexibility index (Phi) is 8.67. The predicted octanol–water partition coefficient (Wildman–Crippen LogP) is 1.84. The first-order valence-corrected chi connectivity index (χ1v) is 9.84. The molecule has 1 atom stereocenters. The highest BCUT2D eigenvalue weighted by molar-refractivity contribution is 5.85. The number of likely N-dealkylation sites (tertiary alicyclic amines) is 1. The maximum absolute atomic E-state index is 12.6. The van der Waals surface area contributed by atoms with E-state index in [1.54, 1.807) is 17.9 Å². The minimum absolute atomic E-state index is 0. The van der Waals surface area contributed by atoms with Crippen molar-refractivity contribution in [2.24, 2.45) is 7.05 Å². The molecule has 29 heavy (non-hydrogen) atoms. The van der Waals surface area contributed by atoms with Crippen LogP contribution in [-0.2, 0) is 23.1 Å². The lowest BCUT2D eigenvalue weighted by atomic mass is 10.0. The van der Waals surface area contributed by atoms with Gasteiger partial charge in [-0.15, -0.1) is 12.4 Å². The Balaban J connectivity index is 0.00000300. The SMILES string of the molecule is CNC(C(=O)NC1CCN(C(=O)CCc2ccccc2)CC1)c1cnn(C)c1.Cl. The molecule has 7 nitrogen and oxygen atoms in total. The third-order valence-corrected chi connectivity index (χ3v) is 5.27. The lowest BCUT2D eigenvalue weighted by Gasteiger charge is -2.33. The molecule has 2 heterocycles. The van der Waals surface area contributed by atoms with Crippen LogP contribution in [0.2, 0.25) is 0 Å². The van der Waals surface area contributed by atoms with Gasteiger partial charge >= 0.3 is 0 Å². The highest BCUT2D eigenvalue weighted by atomic mass is 35.5. The second kappa shape index (κ2) is 11.0. The van der Waals surface area contributed by atoms with E-state index in [1.165, 1.54) is 5.56 Å². The van der Waals surface area contributed by atoms with Gasteiger partial charge in [-0.2, -0.15) is 5.10 Å². The number of aryl methyl sites for hydroxylation is 2. The molecule has 1 aromatic carbocycles. The van der Waals surface area contributed by atoms with E-state index in [9.17, 15) is 9.59 Å². The van der Waals surface area contributed by atoms with Crippen LogP contribution in [0.1, 0.15) is 36.4 Å². The number of benzene rings is 1. The first-order valence-electron chi connectivity index (χ1n) is 9.84. The zero-order chi connectivity index (χ0) is 19.9. The minimum Gasteiger partial charge on any atom is -0.352 e. The number of carbonyl (C=O) groups excluding carboxylic acids is 2. The molecule has 1 fully saturated rings. The molecule has 0 saturated carbocycles. The molecule has 1 aliphatic rings. The van der Waals surface area contributed by atoms with Crippen LogP contribution in [0, 0.1) is 0 Å². The quantitative estimate of drug-likeness (QED) is 0.717. The van der Waals surface area contributed by atoms with Crippen molar-refractivity contribution in [2.75, 3.05) is 20.1 Å². The second-order valence-electron chi connectivity index (χ2n) is 7.32. The van der Waals surface area contributed by atoms with E-state index in [2.05, 4.69) is 27.9 Å². The number of nitrogens with zero attached hydrogens (tertiary/aromatic N) is 3. The molecule has 1 saturated heterocycles. The fourth-order valence-corrected chi connectivity index (χ4v) is 3.65. The van der Waals surface area contributed by atoms with Crippen LogP contribution in [-0.4, -0.2) is 52.7 Å². The summed E-state index contributed by atoms with van der Waals surface area (Å²) < 4.78 is 1.69. The second-order valence-corrected chi connectivity index (χ2v) is 7.32. The maximum atomic E-state index is 12.6. The van der Waals surface area contributed by atoms with Crippen LogP contribution < -0.4 is 10.6 Å². The summed E-state index contributed by atoms with van der Waals surface area (Å²) in [5.74, 6) is 0.140. The molecule has 1 aliphatic heterocycles. The lowest BCUT2D eigenvalue weighted by molar-refractivity contribution is -0.132. The normalized spacial score (nSPS) is 15.4. The number of hydrogen-bond donors (Lipinski definition) is 2.